The van der Waals surface area contributed by atoms with E-state index >= 15 is 0 Å². The highest BCUT2D eigenvalue weighted by molar-refractivity contribution is 6.30. The van der Waals surface area contributed by atoms with Crippen LogP contribution in [0.5, 0.6) is 0 Å². The number of hydrogen-bond acceptors (Lipinski definition) is 5. The van der Waals surface area contributed by atoms with E-state index < -0.39 is 0 Å². The van der Waals surface area contributed by atoms with Gasteiger partial charge < -0.3 is 10.3 Å². The van der Waals surface area contributed by atoms with Crippen LogP contribution in [0.4, 0.5) is 0 Å². The van der Waals surface area contributed by atoms with E-state index in [0.29, 0.717) is 5.02 Å². The molecule has 9 heteroatoms. The van der Waals surface area contributed by atoms with Crippen LogP contribution in [-0.2, 0) is 11.2 Å². The molecule has 0 spiro atoms. The molecule has 0 fully saturated rings. The summed E-state index contributed by atoms with van der Waals surface area (Å²) in [6.07, 6.45) is 12.9. The number of imidazole rings is 1. The number of amides is 1. The van der Waals surface area contributed by atoms with Gasteiger partial charge in [0.15, 0.2) is 0 Å². The maximum Gasteiger partial charge on any atom is 0.244 e. The number of carbonyl (C=O) groups excluding carboxylic acids is 1. The number of nitrogens with zero attached hydrogens (tertiary/aromatic N) is 5. The first-order chi connectivity index (χ1) is 17.2. The second-order valence-electron chi connectivity index (χ2n) is 8.64. The molecule has 4 aromatic rings. The molecule has 1 aliphatic heterocycles. The highest BCUT2D eigenvalue weighted by Gasteiger charge is 2.19. The average molecular weight is 488 g/mol. The van der Waals surface area contributed by atoms with Gasteiger partial charge in [0, 0.05) is 22.2 Å². The number of fused-ring (bicyclic) bond motifs is 4. The summed E-state index contributed by atoms with van der Waals surface area (Å²) in [5, 5.41) is 15.0. The Hall–Kier alpha value is -3.78. The molecule has 1 unspecified atom stereocenters. The molecule has 3 heterocycles. The van der Waals surface area contributed by atoms with Crippen LogP contribution in [0.3, 0.4) is 0 Å². The fraction of sp³-hybridized carbons (Fsp3) is 0.269. The zero-order valence-corrected chi connectivity index (χ0v) is 19.9. The van der Waals surface area contributed by atoms with Crippen molar-refractivity contribution in [2.45, 2.75) is 44.6 Å². The normalized spacial score (nSPS) is 16.3. The Labute approximate surface area is 208 Å². The van der Waals surface area contributed by atoms with Crippen LogP contribution in [0.2, 0.25) is 5.02 Å². The Bertz CT molecular complexity index is 1330. The number of aromatic amines is 1. The lowest BCUT2D eigenvalue weighted by molar-refractivity contribution is -0.117. The number of benzene rings is 2. The van der Waals surface area contributed by atoms with Gasteiger partial charge in [0.2, 0.25) is 5.91 Å². The van der Waals surface area contributed by atoms with E-state index in [1.165, 1.54) is 34.6 Å². The van der Waals surface area contributed by atoms with Crippen molar-refractivity contribution in [2.75, 3.05) is 0 Å². The van der Waals surface area contributed by atoms with Gasteiger partial charge in [0.05, 0.1) is 23.6 Å². The van der Waals surface area contributed by atoms with Gasteiger partial charge in [-0.15, -0.1) is 5.10 Å². The number of nitrogens with one attached hydrogen (secondary N) is 2. The standard InChI is InChI=1S/C26H26ClN7O/c27-20-12-13-24(34-17-29-32-33-34)19(15-20)11-14-25(35)30-22-10-4-2-1-3-7-18-8-5-6-9-21(18)23-16-28-26(22)31-23/h5-6,8-9,11-17,22H,1-4,7,10H2,(H,28,31)(H,30,35)/b14-11+. The van der Waals surface area contributed by atoms with Gasteiger partial charge in [-0.1, -0.05) is 55.1 Å². The molecule has 0 saturated carbocycles. The lowest BCUT2D eigenvalue weighted by Gasteiger charge is -2.17. The second-order valence-corrected chi connectivity index (χ2v) is 9.08. The molecule has 2 aromatic heterocycles. The number of aryl methyl sites for hydroxylation is 1. The molecule has 1 atom stereocenters. The number of aromatic nitrogens is 6. The van der Waals surface area contributed by atoms with Crippen molar-refractivity contribution in [2.24, 2.45) is 0 Å². The van der Waals surface area contributed by atoms with E-state index in [4.69, 9.17) is 11.6 Å². The molecule has 2 N–H and O–H groups in total. The number of halogens is 1. The summed E-state index contributed by atoms with van der Waals surface area (Å²) in [6.45, 7) is 0. The number of rotatable bonds is 4. The maximum atomic E-state index is 12.9. The Morgan fingerprint density at radius 2 is 2.03 bits per heavy atom. The van der Waals surface area contributed by atoms with Gasteiger partial charge in [-0.2, -0.15) is 4.68 Å². The minimum Gasteiger partial charge on any atom is -0.343 e. The van der Waals surface area contributed by atoms with Gasteiger partial charge in [-0.3, -0.25) is 4.79 Å². The fourth-order valence-electron chi connectivity index (χ4n) is 4.47. The third-order valence-electron chi connectivity index (χ3n) is 6.24. The quantitative estimate of drug-likeness (QED) is 0.391. The van der Waals surface area contributed by atoms with E-state index in [-0.39, 0.29) is 11.9 Å². The number of tetrazole rings is 1. The Balaban J connectivity index is 1.37. The lowest BCUT2D eigenvalue weighted by atomic mass is 9.98. The number of H-pyrrole nitrogens is 1. The minimum absolute atomic E-state index is 0.203. The van der Waals surface area contributed by atoms with Crippen LogP contribution in [0.15, 0.2) is 61.1 Å². The summed E-state index contributed by atoms with van der Waals surface area (Å²) in [5.41, 5.74) is 4.94. The van der Waals surface area contributed by atoms with Crippen molar-refractivity contribution in [1.82, 2.24) is 35.5 Å². The van der Waals surface area contributed by atoms with Crippen LogP contribution in [-0.4, -0.2) is 36.1 Å². The summed E-state index contributed by atoms with van der Waals surface area (Å²) in [5.74, 6) is 0.567. The first-order valence-corrected chi connectivity index (χ1v) is 12.2. The van der Waals surface area contributed by atoms with Crippen molar-refractivity contribution in [3.05, 3.63) is 83.0 Å². The zero-order valence-electron chi connectivity index (χ0n) is 19.2. The van der Waals surface area contributed by atoms with Gasteiger partial charge in [0.25, 0.3) is 0 Å². The third kappa shape index (κ3) is 5.49. The monoisotopic (exact) mass is 487 g/mol. The molecule has 0 aliphatic carbocycles. The Morgan fingerprint density at radius 3 is 2.91 bits per heavy atom. The predicted octanol–water partition coefficient (Wildman–Crippen LogP) is 5.08. The predicted molar refractivity (Wildman–Crippen MR) is 135 cm³/mol. The summed E-state index contributed by atoms with van der Waals surface area (Å²) in [6, 6.07) is 13.6. The van der Waals surface area contributed by atoms with E-state index in [1.54, 1.807) is 18.2 Å². The van der Waals surface area contributed by atoms with E-state index in [9.17, 15) is 4.79 Å². The van der Waals surface area contributed by atoms with Gasteiger partial charge >= 0.3 is 0 Å². The first kappa shape index (κ1) is 23.0. The van der Waals surface area contributed by atoms with Crippen molar-refractivity contribution in [1.29, 1.82) is 0 Å². The van der Waals surface area contributed by atoms with Crippen LogP contribution in [0.1, 0.15) is 55.1 Å². The number of carbonyl (C=O) groups is 1. The largest absolute Gasteiger partial charge is 0.343 e. The summed E-state index contributed by atoms with van der Waals surface area (Å²) < 4.78 is 1.53. The Kier molecular flexibility index (Phi) is 6.99. The topological polar surface area (TPSA) is 101 Å². The summed E-state index contributed by atoms with van der Waals surface area (Å²) in [4.78, 5) is 21.0. The fourth-order valence-corrected chi connectivity index (χ4v) is 4.65. The van der Waals surface area contributed by atoms with E-state index in [1.807, 2.05) is 12.3 Å². The van der Waals surface area contributed by atoms with Crippen molar-refractivity contribution in [3.63, 3.8) is 0 Å². The summed E-state index contributed by atoms with van der Waals surface area (Å²) >= 11 is 6.19. The van der Waals surface area contributed by atoms with Crippen LogP contribution in [0, 0.1) is 0 Å². The van der Waals surface area contributed by atoms with Crippen LogP contribution < -0.4 is 5.32 Å². The molecular weight excluding hydrogens is 462 g/mol. The molecule has 1 amide bonds. The van der Waals surface area contributed by atoms with E-state index in [0.717, 1.165) is 54.9 Å². The van der Waals surface area contributed by atoms with Crippen molar-refractivity contribution < 1.29 is 4.79 Å². The lowest BCUT2D eigenvalue weighted by Crippen LogP contribution is -2.27. The first-order valence-electron chi connectivity index (χ1n) is 11.8. The van der Waals surface area contributed by atoms with E-state index in [2.05, 4.69) is 55.1 Å². The van der Waals surface area contributed by atoms with Crippen LogP contribution >= 0.6 is 11.6 Å². The highest BCUT2D eigenvalue weighted by atomic mass is 35.5. The second kappa shape index (κ2) is 10.7. The SMILES string of the molecule is O=C(/C=C/c1cc(Cl)ccc1-n1cnnn1)NC1CCCCCCc2ccccc2-c2cnc1[nH]2. The highest BCUT2D eigenvalue weighted by Crippen LogP contribution is 2.28. The maximum absolute atomic E-state index is 12.9. The Morgan fingerprint density at radius 1 is 1.14 bits per heavy atom. The third-order valence-corrected chi connectivity index (χ3v) is 6.47. The molecule has 5 rings (SSSR count). The molecule has 8 nitrogen and oxygen atoms in total. The molecule has 0 radical (unpaired) electrons. The molecule has 0 saturated heterocycles. The molecule has 2 bridgehead atoms. The molecule has 35 heavy (non-hydrogen) atoms. The average Bonchev–Trinajstić information content (AvgIpc) is 3.57. The smallest absolute Gasteiger partial charge is 0.244 e. The summed E-state index contributed by atoms with van der Waals surface area (Å²) in [7, 11) is 0. The molecule has 178 valence electrons. The molecular formula is C26H26ClN7O. The number of hydrogen-bond donors (Lipinski definition) is 2. The minimum atomic E-state index is -0.205. The van der Waals surface area contributed by atoms with Crippen molar-refractivity contribution in [3.8, 4) is 16.9 Å². The van der Waals surface area contributed by atoms with Gasteiger partial charge in [-0.25, -0.2) is 4.98 Å². The van der Waals surface area contributed by atoms with Gasteiger partial charge in [-0.05, 0) is 59.5 Å². The van der Waals surface area contributed by atoms with Crippen molar-refractivity contribution >= 4 is 23.6 Å². The van der Waals surface area contributed by atoms with Crippen LogP contribution in [0.25, 0.3) is 23.0 Å². The van der Waals surface area contributed by atoms with Gasteiger partial charge in [0.1, 0.15) is 12.2 Å². The molecule has 2 aromatic carbocycles. The molecule has 1 aliphatic rings. The zero-order chi connectivity index (χ0) is 24.0.